The van der Waals surface area contributed by atoms with Gasteiger partial charge in [-0.15, -0.1) is 0 Å². The molecule has 0 atom stereocenters. The normalized spacial score (nSPS) is 14.4. The van der Waals surface area contributed by atoms with E-state index in [4.69, 9.17) is 9.47 Å². The number of hydrogen-bond acceptors (Lipinski definition) is 10. The van der Waals surface area contributed by atoms with Gasteiger partial charge in [-0.3, -0.25) is 5.10 Å². The fraction of sp³-hybridized carbons (Fsp3) is 0.250. The molecule has 0 saturated carbocycles. The molecule has 1 N–H and O–H groups in total. The van der Waals surface area contributed by atoms with Crippen LogP contribution < -0.4 is 9.80 Å². The van der Waals surface area contributed by atoms with Crippen molar-refractivity contribution in [2.75, 3.05) is 62.4 Å². The predicted octanol–water partition coefficient (Wildman–Crippen LogP) is 6.30. The van der Waals surface area contributed by atoms with Crippen LogP contribution in [-0.2, 0) is 23.6 Å². The minimum atomic E-state index is 0.741. The Morgan fingerprint density at radius 2 is 1.24 bits per heavy atom. The zero-order valence-corrected chi connectivity index (χ0v) is 32.2. The van der Waals surface area contributed by atoms with E-state index >= 15 is 0 Å². The van der Waals surface area contributed by atoms with Crippen molar-refractivity contribution in [1.29, 1.82) is 0 Å². The van der Waals surface area contributed by atoms with E-state index in [2.05, 4.69) is 103 Å². The average molecular weight is 802 g/mol. The third kappa shape index (κ3) is 8.28. The molecule has 55 heavy (non-hydrogen) atoms. The Morgan fingerprint density at radius 1 is 0.636 bits per heavy atom. The van der Waals surface area contributed by atoms with E-state index in [1.54, 1.807) is 6.33 Å². The van der Waals surface area contributed by atoms with E-state index in [0.717, 1.165) is 119 Å². The van der Waals surface area contributed by atoms with Crippen LogP contribution in [0.4, 0.5) is 11.6 Å². The second-order valence-electron chi connectivity index (χ2n) is 13.2. The molecule has 8 heterocycles. The van der Waals surface area contributed by atoms with Crippen molar-refractivity contribution in [2.45, 2.75) is 0 Å². The molecule has 0 aliphatic carbocycles. The van der Waals surface area contributed by atoms with E-state index in [-0.39, 0.29) is 0 Å². The monoisotopic (exact) mass is 800 g/mol. The molecule has 0 bridgehead atoms. The number of ether oxygens (including phenoxy) is 2. The molecular formula is C40H41BrN12O2. The van der Waals surface area contributed by atoms with Crippen LogP contribution in [0.5, 0.6) is 0 Å². The SMILES string of the molecule is Brc1ccnc(N2CCOCC2)c1.Cn1cncc1-c1ccc2cn[nH]c2c1.Cn1cncc1-c1ccc2cnn(-c3ccnc(N4CCOCC4)c3)c2c1. The van der Waals surface area contributed by atoms with Crippen molar-refractivity contribution in [3.8, 4) is 28.2 Å². The highest BCUT2D eigenvalue weighted by atomic mass is 79.9. The van der Waals surface area contributed by atoms with Gasteiger partial charge < -0.3 is 28.4 Å². The molecule has 10 rings (SSSR count). The van der Waals surface area contributed by atoms with Crippen LogP contribution in [0.15, 0.2) is 115 Å². The maximum absolute atomic E-state index is 5.45. The zero-order chi connectivity index (χ0) is 37.6. The summed E-state index contributed by atoms with van der Waals surface area (Å²) in [5.74, 6) is 1.99. The van der Waals surface area contributed by atoms with Crippen molar-refractivity contribution in [2.24, 2.45) is 14.1 Å². The third-order valence-electron chi connectivity index (χ3n) is 9.59. The number of nitrogens with zero attached hydrogens (tertiary/aromatic N) is 11. The van der Waals surface area contributed by atoms with E-state index < -0.39 is 0 Å². The molecule has 0 amide bonds. The van der Waals surface area contributed by atoms with Crippen LogP contribution in [0.1, 0.15) is 0 Å². The van der Waals surface area contributed by atoms with Gasteiger partial charge in [0, 0.05) is 85.1 Å². The molecule has 0 spiro atoms. The summed E-state index contributed by atoms with van der Waals surface area (Å²) >= 11 is 3.43. The number of benzene rings is 2. The van der Waals surface area contributed by atoms with Crippen LogP contribution in [-0.4, -0.2) is 102 Å². The van der Waals surface area contributed by atoms with E-state index in [1.165, 1.54) is 0 Å². The summed E-state index contributed by atoms with van der Waals surface area (Å²) in [6.07, 6.45) is 14.7. The minimum Gasteiger partial charge on any atom is -0.378 e. The summed E-state index contributed by atoms with van der Waals surface area (Å²) in [6, 6.07) is 20.6. The maximum atomic E-state index is 5.45. The van der Waals surface area contributed by atoms with Crippen LogP contribution in [0.3, 0.4) is 0 Å². The fourth-order valence-electron chi connectivity index (χ4n) is 6.61. The second kappa shape index (κ2) is 16.6. The second-order valence-corrected chi connectivity index (χ2v) is 14.1. The molecule has 2 saturated heterocycles. The van der Waals surface area contributed by atoms with Crippen LogP contribution in [0.2, 0.25) is 0 Å². The molecule has 8 aromatic rings. The smallest absolute Gasteiger partial charge is 0.130 e. The molecule has 280 valence electrons. The Kier molecular flexibility index (Phi) is 10.9. The van der Waals surface area contributed by atoms with Gasteiger partial charge in [0.25, 0.3) is 0 Å². The number of fused-ring (bicyclic) bond motifs is 2. The van der Waals surface area contributed by atoms with Gasteiger partial charge in [0.15, 0.2) is 0 Å². The maximum Gasteiger partial charge on any atom is 0.130 e. The lowest BCUT2D eigenvalue weighted by molar-refractivity contribution is 0.122. The van der Waals surface area contributed by atoms with Crippen molar-refractivity contribution < 1.29 is 9.47 Å². The third-order valence-corrected chi connectivity index (χ3v) is 10.1. The van der Waals surface area contributed by atoms with Crippen molar-refractivity contribution >= 4 is 49.4 Å². The van der Waals surface area contributed by atoms with Gasteiger partial charge in [-0.1, -0.05) is 40.2 Å². The summed E-state index contributed by atoms with van der Waals surface area (Å²) < 4.78 is 17.8. The zero-order valence-electron chi connectivity index (χ0n) is 30.7. The number of aromatic nitrogens is 10. The number of halogens is 1. The molecule has 14 nitrogen and oxygen atoms in total. The number of hydrogen-bond donors (Lipinski definition) is 1. The lowest BCUT2D eigenvalue weighted by Gasteiger charge is -2.28. The van der Waals surface area contributed by atoms with Gasteiger partial charge in [-0.05, 0) is 30.3 Å². The van der Waals surface area contributed by atoms with Gasteiger partial charge in [0.2, 0.25) is 0 Å². The molecule has 2 aliphatic rings. The molecule has 2 aliphatic heterocycles. The predicted molar refractivity (Wildman–Crippen MR) is 217 cm³/mol. The quantitative estimate of drug-likeness (QED) is 0.212. The van der Waals surface area contributed by atoms with Crippen molar-refractivity contribution in [3.63, 3.8) is 0 Å². The van der Waals surface area contributed by atoms with Crippen LogP contribution in [0, 0.1) is 0 Å². The summed E-state index contributed by atoms with van der Waals surface area (Å²) in [5.41, 5.74) is 7.56. The van der Waals surface area contributed by atoms with Gasteiger partial charge in [-0.2, -0.15) is 10.2 Å². The summed E-state index contributed by atoms with van der Waals surface area (Å²) in [6.45, 7) is 6.67. The van der Waals surface area contributed by atoms with Gasteiger partial charge in [0.05, 0.1) is 92.0 Å². The van der Waals surface area contributed by atoms with E-state index in [0.29, 0.717) is 0 Å². The van der Waals surface area contributed by atoms with Gasteiger partial charge in [-0.25, -0.2) is 24.6 Å². The summed E-state index contributed by atoms with van der Waals surface area (Å²) in [4.78, 5) is 21.7. The van der Waals surface area contributed by atoms with E-state index in [1.807, 2.05) is 89.6 Å². The van der Waals surface area contributed by atoms with Crippen molar-refractivity contribution in [1.82, 2.24) is 49.0 Å². The number of nitrogens with one attached hydrogen (secondary N) is 1. The number of rotatable bonds is 5. The number of H-pyrrole nitrogens is 1. The van der Waals surface area contributed by atoms with Gasteiger partial charge in [0.1, 0.15) is 11.6 Å². The van der Waals surface area contributed by atoms with Gasteiger partial charge >= 0.3 is 0 Å². The number of imidazole rings is 2. The summed E-state index contributed by atoms with van der Waals surface area (Å²) in [7, 11) is 3.99. The number of aromatic amines is 1. The lowest BCUT2D eigenvalue weighted by Crippen LogP contribution is -2.36. The number of morpholine rings is 2. The molecular weight excluding hydrogens is 760 g/mol. The topological polar surface area (TPSA) is 133 Å². The Balaban J connectivity index is 0.000000129. The first kappa shape index (κ1) is 36.1. The standard InChI is InChI=1S/C20H20N6O.C11H10N4.C9H11BrN2O/c1-24-14-21-13-19(24)15-2-3-16-12-23-26(18(16)10-15)17-4-5-22-20(11-17)25-6-8-27-9-7-25;1-15-7-12-6-11(15)8-2-3-9-5-13-14-10(9)4-8;10-8-1-2-11-9(7-8)12-3-5-13-6-4-12/h2-5,10-14H,6-9H2,1H3;2-7H,1H3,(H,13,14);1-2,7H,3-6H2. The molecule has 2 aromatic carbocycles. The summed E-state index contributed by atoms with van der Waals surface area (Å²) in [5, 5.41) is 13.8. The molecule has 6 aromatic heterocycles. The Bertz CT molecular complexity index is 2490. The first-order valence-corrected chi connectivity index (χ1v) is 18.9. The number of aryl methyl sites for hydroxylation is 2. The molecule has 0 radical (unpaired) electrons. The fourth-order valence-corrected chi connectivity index (χ4v) is 6.94. The first-order chi connectivity index (χ1) is 27.0. The Labute approximate surface area is 326 Å². The highest BCUT2D eigenvalue weighted by Crippen LogP contribution is 2.27. The highest BCUT2D eigenvalue weighted by molar-refractivity contribution is 9.10. The Hall–Kier alpha value is -5.90. The number of anilines is 2. The van der Waals surface area contributed by atoms with Crippen LogP contribution >= 0.6 is 15.9 Å². The Morgan fingerprint density at radius 3 is 1.85 bits per heavy atom. The molecule has 15 heteroatoms. The average Bonchev–Trinajstić information content (AvgIpc) is 4.06. The first-order valence-electron chi connectivity index (χ1n) is 18.1. The van der Waals surface area contributed by atoms with E-state index in [9.17, 15) is 0 Å². The highest BCUT2D eigenvalue weighted by Gasteiger charge is 2.15. The molecule has 2 fully saturated rings. The van der Waals surface area contributed by atoms with Crippen LogP contribution in [0.25, 0.3) is 50.0 Å². The largest absolute Gasteiger partial charge is 0.378 e. The number of pyridine rings is 2. The van der Waals surface area contributed by atoms with Crippen molar-refractivity contribution in [3.05, 3.63) is 115 Å². The molecule has 0 unspecified atom stereocenters. The lowest BCUT2D eigenvalue weighted by atomic mass is 10.1. The minimum absolute atomic E-state index is 0.741.